The molecule has 0 saturated carbocycles. The van der Waals surface area contributed by atoms with Gasteiger partial charge in [-0.25, -0.2) is 8.42 Å². The lowest BCUT2D eigenvalue weighted by atomic mass is 10.2. The molecule has 0 radical (unpaired) electrons. The van der Waals surface area contributed by atoms with Crippen molar-refractivity contribution < 1.29 is 13.2 Å². The van der Waals surface area contributed by atoms with Crippen LogP contribution in [0, 0.1) is 6.92 Å². The largest absolute Gasteiger partial charge is 0.352 e. The number of amides is 1. The van der Waals surface area contributed by atoms with Crippen molar-refractivity contribution in [2.24, 2.45) is 0 Å². The molecule has 2 aromatic carbocycles. The molecule has 0 aliphatic carbocycles. The van der Waals surface area contributed by atoms with Crippen molar-refractivity contribution in [3.8, 4) is 0 Å². The molecule has 8 heteroatoms. The standard InChI is InChI=1S/C19H23N3O3S2/c1-3-4-12-20-18(23)15-6-5-7-16(13-15)21-19(26)22-27(24,25)17-10-8-14(2)9-11-17/h5-11,13H,3-4,12H2,1-2H3,(H,20,23)(H2,21,22,26). The van der Waals surface area contributed by atoms with Crippen LogP contribution in [-0.2, 0) is 10.0 Å². The second-order valence-electron chi connectivity index (χ2n) is 6.06. The van der Waals surface area contributed by atoms with Gasteiger partial charge in [0.15, 0.2) is 5.11 Å². The van der Waals surface area contributed by atoms with E-state index in [1.807, 2.05) is 6.92 Å². The highest BCUT2D eigenvalue weighted by Gasteiger charge is 2.15. The van der Waals surface area contributed by atoms with Crippen LogP contribution in [0.3, 0.4) is 0 Å². The summed E-state index contributed by atoms with van der Waals surface area (Å²) in [6, 6.07) is 13.2. The molecule has 3 N–H and O–H groups in total. The molecule has 0 heterocycles. The zero-order valence-corrected chi connectivity index (χ0v) is 16.9. The Bertz CT molecular complexity index is 910. The summed E-state index contributed by atoms with van der Waals surface area (Å²) < 4.78 is 27.0. The van der Waals surface area contributed by atoms with Gasteiger partial charge in [-0.15, -0.1) is 0 Å². The summed E-state index contributed by atoms with van der Waals surface area (Å²) in [7, 11) is -3.77. The Balaban J connectivity index is 2.02. The third-order valence-corrected chi connectivity index (χ3v) is 5.46. The van der Waals surface area contributed by atoms with E-state index < -0.39 is 10.0 Å². The number of nitrogens with one attached hydrogen (secondary N) is 3. The summed E-state index contributed by atoms with van der Waals surface area (Å²) in [6.07, 6.45) is 1.91. The number of carbonyl (C=O) groups is 1. The average Bonchev–Trinajstić information content (AvgIpc) is 2.62. The molecule has 2 rings (SSSR count). The molecule has 0 fully saturated rings. The van der Waals surface area contributed by atoms with E-state index >= 15 is 0 Å². The maximum absolute atomic E-state index is 12.4. The highest BCUT2D eigenvalue weighted by atomic mass is 32.2. The third kappa shape index (κ3) is 6.33. The predicted molar refractivity (Wildman–Crippen MR) is 111 cm³/mol. The Morgan fingerprint density at radius 1 is 1.11 bits per heavy atom. The normalized spacial score (nSPS) is 10.9. The Labute approximate surface area is 165 Å². The van der Waals surface area contributed by atoms with Gasteiger partial charge in [0.1, 0.15) is 0 Å². The van der Waals surface area contributed by atoms with Gasteiger partial charge >= 0.3 is 0 Å². The summed E-state index contributed by atoms with van der Waals surface area (Å²) >= 11 is 5.10. The maximum Gasteiger partial charge on any atom is 0.263 e. The lowest BCUT2D eigenvalue weighted by molar-refractivity contribution is 0.0953. The van der Waals surface area contributed by atoms with E-state index in [2.05, 4.69) is 22.3 Å². The number of unbranched alkanes of at least 4 members (excludes halogenated alkanes) is 1. The summed E-state index contributed by atoms with van der Waals surface area (Å²) in [5, 5.41) is 5.57. The van der Waals surface area contributed by atoms with Gasteiger partial charge in [0.25, 0.3) is 15.9 Å². The van der Waals surface area contributed by atoms with Gasteiger partial charge in [0.2, 0.25) is 0 Å². The van der Waals surface area contributed by atoms with E-state index in [9.17, 15) is 13.2 Å². The molecule has 2 aromatic rings. The number of aryl methyl sites for hydroxylation is 1. The Morgan fingerprint density at radius 2 is 1.81 bits per heavy atom. The summed E-state index contributed by atoms with van der Waals surface area (Å²) in [4.78, 5) is 12.2. The molecule has 1 amide bonds. The molecule has 0 spiro atoms. The van der Waals surface area contributed by atoms with Crippen LogP contribution in [0.5, 0.6) is 0 Å². The second kappa shape index (κ2) is 9.48. The average molecular weight is 406 g/mol. The van der Waals surface area contributed by atoms with Gasteiger partial charge < -0.3 is 10.6 Å². The van der Waals surface area contributed by atoms with E-state index in [-0.39, 0.29) is 15.9 Å². The van der Waals surface area contributed by atoms with Crippen molar-refractivity contribution >= 4 is 38.9 Å². The Morgan fingerprint density at radius 3 is 2.48 bits per heavy atom. The number of carbonyl (C=O) groups excluding carboxylic acids is 1. The maximum atomic E-state index is 12.4. The van der Waals surface area contributed by atoms with Crippen molar-refractivity contribution in [1.82, 2.24) is 10.0 Å². The number of thiocarbonyl (C=S) groups is 1. The Kier molecular flexibility index (Phi) is 7.32. The topological polar surface area (TPSA) is 87.3 Å². The van der Waals surface area contributed by atoms with E-state index in [4.69, 9.17) is 12.2 Å². The fourth-order valence-electron chi connectivity index (χ4n) is 2.27. The molecule has 144 valence electrons. The quantitative estimate of drug-likeness (QED) is 0.486. The number of rotatable bonds is 7. The lowest BCUT2D eigenvalue weighted by Gasteiger charge is -2.12. The first-order valence-electron chi connectivity index (χ1n) is 8.60. The summed E-state index contributed by atoms with van der Waals surface area (Å²) in [5.41, 5.74) is 1.96. The minimum atomic E-state index is -3.77. The minimum Gasteiger partial charge on any atom is -0.352 e. The highest BCUT2D eigenvalue weighted by molar-refractivity contribution is 7.92. The first kappa shape index (κ1) is 20.9. The molecule has 0 saturated heterocycles. The molecular formula is C19H23N3O3S2. The van der Waals surface area contributed by atoms with E-state index in [1.54, 1.807) is 36.4 Å². The first-order valence-corrected chi connectivity index (χ1v) is 10.5. The van der Waals surface area contributed by atoms with Gasteiger partial charge in [0.05, 0.1) is 4.90 Å². The second-order valence-corrected chi connectivity index (χ2v) is 8.15. The van der Waals surface area contributed by atoms with E-state index in [1.165, 1.54) is 12.1 Å². The number of anilines is 1. The van der Waals surface area contributed by atoms with E-state index in [0.717, 1.165) is 18.4 Å². The molecular weight excluding hydrogens is 382 g/mol. The van der Waals surface area contributed by atoms with Gasteiger partial charge in [-0.1, -0.05) is 37.1 Å². The zero-order chi connectivity index (χ0) is 19.9. The monoisotopic (exact) mass is 405 g/mol. The van der Waals surface area contributed by atoms with Crippen molar-refractivity contribution in [3.05, 3.63) is 59.7 Å². The van der Waals surface area contributed by atoms with Crippen molar-refractivity contribution in [2.75, 3.05) is 11.9 Å². The van der Waals surface area contributed by atoms with Crippen LogP contribution in [0.15, 0.2) is 53.4 Å². The van der Waals surface area contributed by atoms with Crippen LogP contribution in [0.25, 0.3) is 0 Å². The summed E-state index contributed by atoms with van der Waals surface area (Å²) in [6.45, 7) is 4.54. The van der Waals surface area contributed by atoms with Crippen LogP contribution >= 0.6 is 12.2 Å². The van der Waals surface area contributed by atoms with Crippen LogP contribution < -0.4 is 15.4 Å². The summed E-state index contributed by atoms with van der Waals surface area (Å²) in [5.74, 6) is -0.182. The zero-order valence-electron chi connectivity index (χ0n) is 15.3. The van der Waals surface area contributed by atoms with Crippen molar-refractivity contribution in [2.45, 2.75) is 31.6 Å². The molecule has 0 aliphatic heterocycles. The van der Waals surface area contributed by atoms with Crippen LogP contribution in [-0.4, -0.2) is 26.0 Å². The number of benzene rings is 2. The van der Waals surface area contributed by atoms with Crippen LogP contribution in [0.4, 0.5) is 5.69 Å². The lowest BCUT2D eigenvalue weighted by Crippen LogP contribution is -2.34. The first-order chi connectivity index (χ1) is 12.8. The molecule has 0 bridgehead atoms. The molecule has 0 aromatic heterocycles. The molecule has 0 aliphatic rings. The molecule has 0 unspecified atom stereocenters. The van der Waals surface area contributed by atoms with Crippen molar-refractivity contribution in [3.63, 3.8) is 0 Å². The predicted octanol–water partition coefficient (Wildman–Crippen LogP) is 3.20. The smallest absolute Gasteiger partial charge is 0.263 e. The van der Waals surface area contributed by atoms with E-state index in [0.29, 0.717) is 17.8 Å². The number of sulfonamides is 1. The van der Waals surface area contributed by atoms with Gasteiger partial charge in [-0.2, -0.15) is 0 Å². The van der Waals surface area contributed by atoms with Crippen LogP contribution in [0.1, 0.15) is 35.7 Å². The highest BCUT2D eigenvalue weighted by Crippen LogP contribution is 2.13. The SMILES string of the molecule is CCCCNC(=O)c1cccc(NC(=S)NS(=O)(=O)c2ccc(C)cc2)c1. The third-order valence-electron chi connectivity index (χ3n) is 3.76. The fraction of sp³-hybridized carbons (Fsp3) is 0.263. The number of hydrogen-bond acceptors (Lipinski definition) is 4. The number of hydrogen-bond donors (Lipinski definition) is 3. The van der Waals surface area contributed by atoms with Crippen LogP contribution in [0.2, 0.25) is 0 Å². The fourth-order valence-corrected chi connectivity index (χ4v) is 3.63. The molecule has 0 atom stereocenters. The minimum absolute atomic E-state index is 0.0703. The molecule has 27 heavy (non-hydrogen) atoms. The van der Waals surface area contributed by atoms with Gasteiger partial charge in [-0.05, 0) is 55.9 Å². The van der Waals surface area contributed by atoms with Crippen molar-refractivity contribution in [1.29, 1.82) is 0 Å². The Hall–Kier alpha value is -2.45. The van der Waals surface area contributed by atoms with Gasteiger partial charge in [0, 0.05) is 17.8 Å². The van der Waals surface area contributed by atoms with Gasteiger partial charge in [-0.3, -0.25) is 9.52 Å². The molecule has 6 nitrogen and oxygen atoms in total.